The van der Waals surface area contributed by atoms with Gasteiger partial charge in [-0.25, -0.2) is 8.42 Å². The van der Waals surface area contributed by atoms with Gasteiger partial charge in [-0.1, -0.05) is 13.8 Å². The summed E-state index contributed by atoms with van der Waals surface area (Å²) >= 11 is 0. The molecule has 2 atom stereocenters. The minimum absolute atomic E-state index is 0.00573. The Labute approximate surface area is 146 Å². The summed E-state index contributed by atoms with van der Waals surface area (Å²) in [6.45, 7) is 8.92. The molecular formula is C18H30N2O3S. The molecule has 2 rings (SSSR count). The molecule has 1 heterocycles. The maximum absolute atomic E-state index is 13.2. The number of nitrogens with zero attached hydrogens (tertiary/aromatic N) is 1. The van der Waals surface area contributed by atoms with E-state index in [1.165, 1.54) is 0 Å². The summed E-state index contributed by atoms with van der Waals surface area (Å²) in [4.78, 5) is 0.386. The Morgan fingerprint density at radius 2 is 1.96 bits per heavy atom. The highest BCUT2D eigenvalue weighted by Gasteiger charge is 2.33. The third-order valence-electron chi connectivity index (χ3n) is 4.93. The van der Waals surface area contributed by atoms with Crippen molar-refractivity contribution in [1.29, 1.82) is 0 Å². The van der Waals surface area contributed by atoms with Gasteiger partial charge < -0.3 is 10.5 Å². The number of piperidine rings is 1. The zero-order chi connectivity index (χ0) is 18.1. The van der Waals surface area contributed by atoms with Crippen LogP contribution in [-0.2, 0) is 10.0 Å². The number of aryl methyl sites for hydroxylation is 1. The molecule has 136 valence electrons. The van der Waals surface area contributed by atoms with Gasteiger partial charge in [0.1, 0.15) is 5.75 Å². The average Bonchev–Trinajstić information content (AvgIpc) is 2.53. The summed E-state index contributed by atoms with van der Waals surface area (Å²) in [5.74, 6) is 1.15. The highest BCUT2D eigenvalue weighted by atomic mass is 32.2. The lowest BCUT2D eigenvalue weighted by atomic mass is 9.93. The van der Waals surface area contributed by atoms with Crippen molar-refractivity contribution >= 4 is 10.0 Å². The number of benzene rings is 1. The molecule has 0 aromatic heterocycles. The van der Waals surface area contributed by atoms with Crippen LogP contribution in [0.3, 0.4) is 0 Å². The molecule has 1 aromatic rings. The van der Waals surface area contributed by atoms with Crippen molar-refractivity contribution in [3.8, 4) is 5.75 Å². The monoisotopic (exact) mass is 354 g/mol. The minimum Gasteiger partial charge on any atom is -0.496 e. The summed E-state index contributed by atoms with van der Waals surface area (Å²) < 4.78 is 33.4. The number of ether oxygens (including phenoxy) is 1. The zero-order valence-electron chi connectivity index (χ0n) is 15.4. The van der Waals surface area contributed by atoms with E-state index in [1.807, 2.05) is 33.8 Å². The quantitative estimate of drug-likeness (QED) is 0.882. The molecule has 0 amide bonds. The molecule has 2 N–H and O–H groups in total. The molecule has 5 nitrogen and oxygen atoms in total. The van der Waals surface area contributed by atoms with Gasteiger partial charge in [0.25, 0.3) is 0 Å². The van der Waals surface area contributed by atoms with Crippen LogP contribution in [0.25, 0.3) is 0 Å². The van der Waals surface area contributed by atoms with E-state index in [9.17, 15) is 8.42 Å². The van der Waals surface area contributed by atoms with Crippen molar-refractivity contribution in [2.24, 2.45) is 11.7 Å². The summed E-state index contributed by atoms with van der Waals surface area (Å²) in [7, 11) is -1.90. The van der Waals surface area contributed by atoms with Crippen LogP contribution in [0.1, 0.15) is 50.7 Å². The lowest BCUT2D eigenvalue weighted by Crippen LogP contribution is -2.45. The van der Waals surface area contributed by atoms with Crippen LogP contribution < -0.4 is 10.5 Å². The van der Waals surface area contributed by atoms with Gasteiger partial charge in [0, 0.05) is 19.1 Å². The van der Waals surface area contributed by atoms with Crippen molar-refractivity contribution in [3.63, 3.8) is 0 Å². The Hall–Kier alpha value is -1.11. The normalized spacial score (nSPS) is 21.0. The van der Waals surface area contributed by atoms with Crippen molar-refractivity contribution < 1.29 is 13.2 Å². The fourth-order valence-corrected chi connectivity index (χ4v) is 5.12. The van der Waals surface area contributed by atoms with Gasteiger partial charge in [0.05, 0.1) is 12.0 Å². The zero-order valence-corrected chi connectivity index (χ0v) is 16.2. The average molecular weight is 355 g/mol. The smallest absolute Gasteiger partial charge is 0.243 e. The van der Waals surface area contributed by atoms with Crippen LogP contribution in [0.4, 0.5) is 0 Å². The Balaban J connectivity index is 2.44. The van der Waals surface area contributed by atoms with E-state index in [1.54, 1.807) is 17.5 Å². The third kappa shape index (κ3) is 3.76. The molecular weight excluding hydrogens is 324 g/mol. The number of methoxy groups -OCH3 is 1. The molecule has 0 bridgehead atoms. The Bertz CT molecular complexity index is 684. The molecule has 6 heteroatoms. The van der Waals surface area contributed by atoms with Gasteiger partial charge in [-0.15, -0.1) is 0 Å². The first-order chi connectivity index (χ1) is 11.2. The first-order valence-electron chi connectivity index (χ1n) is 8.62. The maximum atomic E-state index is 13.2. The van der Waals surface area contributed by atoms with Gasteiger partial charge in [-0.05, 0) is 61.8 Å². The van der Waals surface area contributed by atoms with Crippen LogP contribution in [0.15, 0.2) is 17.0 Å². The Morgan fingerprint density at radius 1 is 1.29 bits per heavy atom. The van der Waals surface area contributed by atoms with Gasteiger partial charge >= 0.3 is 0 Å². The predicted molar refractivity (Wildman–Crippen MR) is 97.0 cm³/mol. The molecule has 1 fully saturated rings. The first-order valence-corrected chi connectivity index (χ1v) is 10.1. The van der Waals surface area contributed by atoms with Crippen LogP contribution >= 0.6 is 0 Å². The van der Waals surface area contributed by atoms with Crippen LogP contribution in [0.5, 0.6) is 5.75 Å². The molecule has 0 radical (unpaired) electrons. The van der Waals surface area contributed by atoms with Gasteiger partial charge in [-0.3, -0.25) is 0 Å². The lowest BCUT2D eigenvalue weighted by Gasteiger charge is -2.34. The minimum atomic E-state index is -3.52. The van der Waals surface area contributed by atoms with E-state index >= 15 is 0 Å². The SMILES string of the molecule is COc1cc(C)c(S(=O)(=O)N2CCCC(C(C)N)C2)cc1C(C)C. The van der Waals surface area contributed by atoms with E-state index in [0.29, 0.717) is 18.0 Å². The topological polar surface area (TPSA) is 72.6 Å². The van der Waals surface area contributed by atoms with Gasteiger partial charge in [0.2, 0.25) is 10.0 Å². The standard InChI is InChI=1S/C18H30N2O3S/c1-12(2)16-10-18(13(3)9-17(16)23-5)24(21,22)20-8-6-7-15(11-20)14(4)19/h9-10,12,14-15H,6-8,11,19H2,1-5H3. The summed E-state index contributed by atoms with van der Waals surface area (Å²) in [5, 5.41) is 0. The van der Waals surface area contributed by atoms with E-state index in [4.69, 9.17) is 10.5 Å². The fourth-order valence-electron chi connectivity index (χ4n) is 3.34. The molecule has 0 saturated carbocycles. The Morgan fingerprint density at radius 3 is 2.50 bits per heavy atom. The first kappa shape index (κ1) is 19.2. The molecule has 0 aliphatic carbocycles. The number of hydrogen-bond donors (Lipinski definition) is 1. The number of hydrogen-bond acceptors (Lipinski definition) is 4. The molecule has 1 aliphatic heterocycles. The van der Waals surface area contributed by atoms with Crippen molar-refractivity contribution in [2.45, 2.75) is 57.4 Å². The highest BCUT2D eigenvalue weighted by molar-refractivity contribution is 7.89. The number of nitrogens with two attached hydrogens (primary N) is 1. The molecule has 1 saturated heterocycles. The molecule has 1 aliphatic rings. The third-order valence-corrected chi connectivity index (χ3v) is 6.94. The fraction of sp³-hybridized carbons (Fsp3) is 0.667. The van der Waals surface area contributed by atoms with Crippen molar-refractivity contribution in [1.82, 2.24) is 4.31 Å². The van der Waals surface area contributed by atoms with Crippen molar-refractivity contribution in [3.05, 3.63) is 23.3 Å². The molecule has 0 spiro atoms. The molecule has 24 heavy (non-hydrogen) atoms. The van der Waals surface area contributed by atoms with Gasteiger partial charge in [-0.2, -0.15) is 4.31 Å². The van der Waals surface area contributed by atoms with E-state index < -0.39 is 10.0 Å². The van der Waals surface area contributed by atoms with Crippen molar-refractivity contribution in [2.75, 3.05) is 20.2 Å². The second-order valence-corrected chi connectivity index (χ2v) is 9.05. The largest absolute Gasteiger partial charge is 0.496 e. The predicted octanol–water partition coefficient (Wildman–Crippen LogP) is 2.87. The highest BCUT2D eigenvalue weighted by Crippen LogP contribution is 2.34. The second kappa shape index (κ2) is 7.42. The summed E-state index contributed by atoms with van der Waals surface area (Å²) in [6.07, 6.45) is 1.85. The Kier molecular flexibility index (Phi) is 5.94. The molecule has 1 aromatic carbocycles. The van der Waals surface area contributed by atoms with Crippen LogP contribution in [0.2, 0.25) is 0 Å². The second-order valence-electron chi connectivity index (χ2n) is 7.14. The number of sulfonamides is 1. The summed E-state index contributed by atoms with van der Waals surface area (Å²) in [6, 6.07) is 3.62. The van der Waals surface area contributed by atoms with Crippen LogP contribution in [-0.4, -0.2) is 39.0 Å². The lowest BCUT2D eigenvalue weighted by molar-refractivity contribution is 0.243. The number of rotatable bonds is 5. The van der Waals surface area contributed by atoms with E-state index in [0.717, 1.165) is 29.7 Å². The van der Waals surface area contributed by atoms with Gasteiger partial charge in [0.15, 0.2) is 0 Å². The van der Waals surface area contributed by atoms with E-state index in [-0.39, 0.29) is 17.9 Å². The maximum Gasteiger partial charge on any atom is 0.243 e. The van der Waals surface area contributed by atoms with Crippen LogP contribution in [0, 0.1) is 12.8 Å². The summed E-state index contributed by atoms with van der Waals surface area (Å²) in [5.41, 5.74) is 7.65. The van der Waals surface area contributed by atoms with E-state index in [2.05, 4.69) is 0 Å². The molecule has 2 unspecified atom stereocenters.